The van der Waals surface area contributed by atoms with Crippen LogP contribution in [0.25, 0.3) is 0 Å². The molecule has 1 N–H and O–H groups in total. The average molecular weight is 320 g/mol. The van der Waals surface area contributed by atoms with E-state index in [0.717, 1.165) is 4.57 Å². The fourth-order valence-electron chi connectivity index (χ4n) is 2.39. The van der Waals surface area contributed by atoms with Gasteiger partial charge >= 0.3 is 6.18 Å². The van der Waals surface area contributed by atoms with Gasteiger partial charge in [-0.25, -0.2) is 4.98 Å². The fourth-order valence-corrected chi connectivity index (χ4v) is 2.39. The van der Waals surface area contributed by atoms with E-state index in [0.29, 0.717) is 19.7 Å². The van der Waals surface area contributed by atoms with Gasteiger partial charge in [0.2, 0.25) is 5.91 Å². The molecule has 1 atom stereocenters. The zero-order valence-electron chi connectivity index (χ0n) is 12.3. The Labute approximate surface area is 126 Å². The largest absolute Gasteiger partial charge is 0.406 e. The number of hydrogen-bond donors (Lipinski definition) is 1. The molecule has 0 bridgehead atoms. The first-order valence-corrected chi connectivity index (χ1v) is 7.07. The molecule has 1 aliphatic heterocycles. The summed E-state index contributed by atoms with van der Waals surface area (Å²) < 4.78 is 43.6. The van der Waals surface area contributed by atoms with E-state index in [1.807, 2.05) is 11.8 Å². The zero-order valence-corrected chi connectivity index (χ0v) is 12.3. The number of alkyl halides is 3. The molecule has 22 heavy (non-hydrogen) atoms. The van der Waals surface area contributed by atoms with Crippen molar-refractivity contribution in [2.75, 3.05) is 26.3 Å². The number of nitrogens with zero attached hydrogens (tertiary/aromatic N) is 3. The minimum absolute atomic E-state index is 0.0457. The molecule has 1 unspecified atom stereocenters. The molecule has 1 fully saturated rings. The second-order valence-corrected chi connectivity index (χ2v) is 5.02. The highest BCUT2D eigenvalue weighted by Gasteiger charge is 2.30. The molecule has 124 valence electrons. The first kappa shape index (κ1) is 16.8. The number of nitrogens with one attached hydrogen (secondary N) is 1. The molecule has 1 aromatic heterocycles. The Hall–Kier alpha value is -1.61. The predicted octanol–water partition coefficient (Wildman–Crippen LogP) is 0.782. The van der Waals surface area contributed by atoms with Gasteiger partial charge in [0.1, 0.15) is 18.4 Å². The molecule has 0 radical (unpaired) electrons. The van der Waals surface area contributed by atoms with Gasteiger partial charge in [-0.3, -0.25) is 9.69 Å². The minimum Gasteiger partial charge on any atom is -0.378 e. The van der Waals surface area contributed by atoms with E-state index in [4.69, 9.17) is 4.74 Å². The van der Waals surface area contributed by atoms with Crippen LogP contribution in [0.15, 0.2) is 12.4 Å². The summed E-state index contributed by atoms with van der Waals surface area (Å²) in [5, 5.41) is 2.63. The number of rotatable bonds is 5. The lowest BCUT2D eigenvalue weighted by Crippen LogP contribution is -2.53. The van der Waals surface area contributed by atoms with E-state index in [2.05, 4.69) is 10.3 Å². The molecular weight excluding hydrogens is 301 g/mol. The third-order valence-corrected chi connectivity index (χ3v) is 3.52. The monoisotopic (exact) mass is 320 g/mol. The lowest BCUT2D eigenvalue weighted by molar-refractivity contribution is -0.141. The Morgan fingerprint density at radius 3 is 3.00 bits per heavy atom. The summed E-state index contributed by atoms with van der Waals surface area (Å²) in [6.07, 6.45) is -1.79. The lowest BCUT2D eigenvalue weighted by atomic mass is 10.2. The molecule has 2 heterocycles. The van der Waals surface area contributed by atoms with Crippen LogP contribution in [0.4, 0.5) is 13.2 Å². The molecule has 0 saturated carbocycles. The highest BCUT2D eigenvalue weighted by atomic mass is 19.4. The molecule has 1 amide bonds. The third-order valence-electron chi connectivity index (χ3n) is 3.52. The quantitative estimate of drug-likeness (QED) is 0.871. The van der Waals surface area contributed by atoms with Gasteiger partial charge in [0.05, 0.1) is 19.8 Å². The van der Waals surface area contributed by atoms with Crippen molar-refractivity contribution in [3.8, 4) is 0 Å². The number of likely N-dealkylation sites (N-methyl/N-ethyl adjacent to an activating group) is 1. The number of hydrogen-bond acceptors (Lipinski definition) is 4. The van der Waals surface area contributed by atoms with Crippen molar-refractivity contribution in [3.63, 3.8) is 0 Å². The summed E-state index contributed by atoms with van der Waals surface area (Å²) >= 11 is 0. The van der Waals surface area contributed by atoms with Gasteiger partial charge in [-0.2, -0.15) is 13.2 Å². The highest BCUT2D eigenvalue weighted by Crippen LogP contribution is 2.18. The van der Waals surface area contributed by atoms with E-state index in [9.17, 15) is 18.0 Å². The van der Waals surface area contributed by atoms with Crippen LogP contribution in [-0.4, -0.2) is 58.9 Å². The maximum Gasteiger partial charge on any atom is 0.406 e. The summed E-state index contributed by atoms with van der Waals surface area (Å²) in [5.41, 5.74) is 0. The Kier molecular flexibility index (Phi) is 5.41. The highest BCUT2D eigenvalue weighted by molar-refractivity contribution is 5.81. The first-order chi connectivity index (χ1) is 10.4. The number of halogens is 3. The maximum absolute atomic E-state index is 12.4. The van der Waals surface area contributed by atoms with E-state index < -0.39 is 18.8 Å². The topological polar surface area (TPSA) is 59.4 Å². The second-order valence-electron chi connectivity index (χ2n) is 5.02. The van der Waals surface area contributed by atoms with Gasteiger partial charge < -0.3 is 14.6 Å². The van der Waals surface area contributed by atoms with Crippen LogP contribution in [-0.2, 0) is 22.6 Å². The summed E-state index contributed by atoms with van der Waals surface area (Å²) in [4.78, 5) is 18.0. The van der Waals surface area contributed by atoms with Crippen LogP contribution < -0.4 is 5.32 Å². The van der Waals surface area contributed by atoms with Crippen LogP contribution in [0.5, 0.6) is 0 Å². The smallest absolute Gasteiger partial charge is 0.378 e. The van der Waals surface area contributed by atoms with Gasteiger partial charge in [0, 0.05) is 18.9 Å². The standard InChI is InChI=1S/C13H19F3N4O2/c1-2-19-5-6-22-8-10(19)12(21)18-7-11-17-3-4-20(11)9-13(14,15)16/h3-4,10H,2,5-9H2,1H3,(H,18,21). The lowest BCUT2D eigenvalue weighted by Gasteiger charge is -2.33. The van der Waals surface area contributed by atoms with Crippen molar-refractivity contribution in [2.45, 2.75) is 32.2 Å². The van der Waals surface area contributed by atoms with Gasteiger partial charge in [-0.05, 0) is 6.54 Å². The second kappa shape index (κ2) is 7.10. The van der Waals surface area contributed by atoms with Crippen molar-refractivity contribution in [2.24, 2.45) is 0 Å². The first-order valence-electron chi connectivity index (χ1n) is 7.07. The number of morpholine rings is 1. The van der Waals surface area contributed by atoms with Crippen molar-refractivity contribution < 1.29 is 22.7 Å². The van der Waals surface area contributed by atoms with Gasteiger partial charge in [0.25, 0.3) is 0 Å². The Morgan fingerprint density at radius 2 is 2.32 bits per heavy atom. The Balaban J connectivity index is 1.92. The molecule has 1 aromatic rings. The molecule has 0 spiro atoms. The fraction of sp³-hybridized carbons (Fsp3) is 0.692. The van der Waals surface area contributed by atoms with Crippen LogP contribution in [0, 0.1) is 0 Å². The maximum atomic E-state index is 12.4. The van der Waals surface area contributed by atoms with Crippen molar-refractivity contribution in [1.82, 2.24) is 19.8 Å². The van der Waals surface area contributed by atoms with Crippen LogP contribution in [0.2, 0.25) is 0 Å². The molecule has 6 nitrogen and oxygen atoms in total. The van der Waals surface area contributed by atoms with E-state index in [1.165, 1.54) is 12.4 Å². The Bertz CT molecular complexity index is 504. The molecule has 1 aliphatic rings. The number of imidazole rings is 1. The van der Waals surface area contributed by atoms with Crippen molar-refractivity contribution >= 4 is 5.91 Å². The number of carbonyl (C=O) groups excluding carboxylic acids is 1. The normalized spacial score (nSPS) is 20.1. The number of amides is 1. The molecule has 0 aromatic carbocycles. The zero-order chi connectivity index (χ0) is 16.2. The number of aromatic nitrogens is 2. The number of carbonyl (C=O) groups is 1. The van der Waals surface area contributed by atoms with E-state index in [1.54, 1.807) is 0 Å². The molecule has 1 saturated heterocycles. The third kappa shape index (κ3) is 4.44. The SMILES string of the molecule is CCN1CCOCC1C(=O)NCc1nccn1CC(F)(F)F. The molecule has 9 heteroatoms. The Morgan fingerprint density at radius 1 is 1.55 bits per heavy atom. The van der Waals surface area contributed by atoms with Crippen molar-refractivity contribution in [3.05, 3.63) is 18.2 Å². The summed E-state index contributed by atoms with van der Waals surface area (Å²) in [7, 11) is 0. The van der Waals surface area contributed by atoms with Crippen molar-refractivity contribution in [1.29, 1.82) is 0 Å². The summed E-state index contributed by atoms with van der Waals surface area (Å²) in [6.45, 7) is 3.02. The average Bonchev–Trinajstić information content (AvgIpc) is 2.89. The van der Waals surface area contributed by atoms with E-state index >= 15 is 0 Å². The van der Waals surface area contributed by atoms with Gasteiger partial charge in [-0.1, -0.05) is 6.92 Å². The van der Waals surface area contributed by atoms with E-state index in [-0.39, 0.29) is 24.9 Å². The summed E-state index contributed by atoms with van der Waals surface area (Å²) in [5.74, 6) is -0.0893. The molecule has 0 aliphatic carbocycles. The van der Waals surface area contributed by atoms with Crippen LogP contribution >= 0.6 is 0 Å². The number of ether oxygens (including phenoxy) is 1. The molecule has 2 rings (SSSR count). The predicted molar refractivity (Wildman–Crippen MR) is 72.0 cm³/mol. The minimum atomic E-state index is -4.32. The molecular formula is C13H19F3N4O2. The van der Waals surface area contributed by atoms with Gasteiger partial charge in [-0.15, -0.1) is 0 Å². The summed E-state index contributed by atoms with van der Waals surface area (Å²) in [6, 6.07) is -0.412. The van der Waals surface area contributed by atoms with Gasteiger partial charge in [0.15, 0.2) is 0 Å². The van der Waals surface area contributed by atoms with Crippen LogP contribution in [0.1, 0.15) is 12.7 Å². The van der Waals surface area contributed by atoms with Crippen LogP contribution in [0.3, 0.4) is 0 Å².